The molecule has 2 amide bonds. The number of hydrazone groups is 1. The first-order valence-corrected chi connectivity index (χ1v) is 8.74. The highest BCUT2D eigenvalue weighted by molar-refractivity contribution is 5.94. The molecule has 156 valence electrons. The number of hydrogen-bond donors (Lipinski definition) is 3. The highest BCUT2D eigenvalue weighted by Gasteiger charge is 2.24. The predicted octanol–water partition coefficient (Wildman–Crippen LogP) is 0.0164. The summed E-state index contributed by atoms with van der Waals surface area (Å²) in [5.41, 5.74) is 10.0. The third-order valence-corrected chi connectivity index (χ3v) is 3.75. The van der Waals surface area contributed by atoms with Crippen molar-refractivity contribution >= 4 is 29.5 Å². The molecule has 13 nitrogen and oxygen atoms in total. The van der Waals surface area contributed by atoms with Gasteiger partial charge in [0, 0.05) is 19.2 Å². The molecule has 2 heterocycles. The van der Waals surface area contributed by atoms with E-state index < -0.39 is 5.91 Å². The number of hydrogen-bond acceptors (Lipinski definition) is 10. The van der Waals surface area contributed by atoms with Gasteiger partial charge in [-0.15, -0.1) is 5.10 Å². The Hall–Kier alpha value is -4.13. The summed E-state index contributed by atoms with van der Waals surface area (Å²) in [7, 11) is 3.65. The molecule has 0 aliphatic rings. The number of carbonyl (C=O) groups is 2. The van der Waals surface area contributed by atoms with Gasteiger partial charge in [0.1, 0.15) is 0 Å². The molecule has 1 aromatic carbocycles. The van der Waals surface area contributed by atoms with Gasteiger partial charge < -0.3 is 16.0 Å². The Morgan fingerprint density at radius 2 is 2.00 bits per heavy atom. The topological polar surface area (TPSA) is 169 Å². The zero-order chi connectivity index (χ0) is 21.7. The van der Waals surface area contributed by atoms with Crippen molar-refractivity contribution in [3.05, 3.63) is 41.2 Å². The van der Waals surface area contributed by atoms with Gasteiger partial charge in [-0.1, -0.05) is 17.3 Å². The fourth-order valence-corrected chi connectivity index (χ4v) is 2.50. The molecule has 0 radical (unpaired) electrons. The van der Waals surface area contributed by atoms with Crippen LogP contribution < -0.4 is 16.5 Å². The molecule has 0 aliphatic carbocycles. The lowest BCUT2D eigenvalue weighted by atomic mass is 10.2. The van der Waals surface area contributed by atoms with Crippen molar-refractivity contribution in [1.29, 1.82) is 0 Å². The number of amides is 2. The van der Waals surface area contributed by atoms with Gasteiger partial charge in [0.2, 0.25) is 17.5 Å². The second-order valence-electron chi connectivity index (χ2n) is 6.51. The molecule has 4 N–H and O–H groups in total. The van der Waals surface area contributed by atoms with Crippen LogP contribution in [0.5, 0.6) is 0 Å². The summed E-state index contributed by atoms with van der Waals surface area (Å²) >= 11 is 0. The first-order valence-electron chi connectivity index (χ1n) is 8.74. The van der Waals surface area contributed by atoms with Crippen LogP contribution in [0.15, 0.2) is 34.0 Å². The number of benzene rings is 1. The van der Waals surface area contributed by atoms with Gasteiger partial charge in [-0.3, -0.25) is 9.59 Å². The number of aromatic nitrogens is 5. The first kappa shape index (κ1) is 20.6. The van der Waals surface area contributed by atoms with E-state index in [-0.39, 0.29) is 23.2 Å². The maximum Gasteiger partial charge on any atom is 0.293 e. The van der Waals surface area contributed by atoms with Crippen LogP contribution in [0.1, 0.15) is 28.7 Å². The average molecular weight is 412 g/mol. The number of rotatable bonds is 7. The third-order valence-electron chi connectivity index (χ3n) is 3.75. The van der Waals surface area contributed by atoms with Gasteiger partial charge in [-0.2, -0.15) is 9.78 Å². The zero-order valence-electron chi connectivity index (χ0n) is 16.5. The lowest BCUT2D eigenvalue weighted by molar-refractivity contribution is -0.114. The molecule has 13 heteroatoms. The van der Waals surface area contributed by atoms with Crippen LogP contribution in [0.3, 0.4) is 0 Å². The van der Waals surface area contributed by atoms with Crippen LogP contribution >= 0.6 is 0 Å². The first-order chi connectivity index (χ1) is 14.3. The third kappa shape index (κ3) is 4.82. The standard InChI is InChI=1S/C17H20N10O3/c1-10(28)20-12-6-4-11(5-7-12)8-19-22-17(29)14-13(9-26(2)3)27(25-21-14)16-15(18)23-30-24-16/h4-8H,9H2,1-3H3,(H2,18,23)(H,20,28)(H,22,29)/b19-8-. The molecule has 3 aromatic rings. The summed E-state index contributed by atoms with van der Waals surface area (Å²) in [5, 5.41) is 21.7. The monoisotopic (exact) mass is 412 g/mol. The Morgan fingerprint density at radius 3 is 2.60 bits per heavy atom. The lowest BCUT2D eigenvalue weighted by Crippen LogP contribution is -2.23. The van der Waals surface area contributed by atoms with Crippen LogP contribution in [-0.4, -0.2) is 62.3 Å². The highest BCUT2D eigenvalue weighted by Crippen LogP contribution is 2.16. The van der Waals surface area contributed by atoms with Crippen LogP contribution in [0.4, 0.5) is 11.5 Å². The Bertz CT molecular complexity index is 1070. The largest absolute Gasteiger partial charge is 0.378 e. The van der Waals surface area contributed by atoms with Gasteiger partial charge in [-0.25, -0.2) is 10.1 Å². The fraction of sp³-hybridized carbons (Fsp3) is 0.235. The Labute approximate surface area is 170 Å². The SMILES string of the molecule is CC(=O)Nc1ccc(/C=N\NC(=O)c2nnn(-c3nonc3N)c2CN(C)C)cc1. The molecule has 30 heavy (non-hydrogen) atoms. The summed E-state index contributed by atoms with van der Waals surface area (Å²) in [6.45, 7) is 1.76. The van der Waals surface area contributed by atoms with Crippen molar-refractivity contribution in [3.8, 4) is 5.82 Å². The van der Waals surface area contributed by atoms with E-state index in [1.54, 1.807) is 24.3 Å². The van der Waals surface area contributed by atoms with Crippen molar-refractivity contribution in [3.63, 3.8) is 0 Å². The zero-order valence-corrected chi connectivity index (χ0v) is 16.5. The van der Waals surface area contributed by atoms with E-state index >= 15 is 0 Å². The van der Waals surface area contributed by atoms with Gasteiger partial charge in [0.25, 0.3) is 5.91 Å². The summed E-state index contributed by atoms with van der Waals surface area (Å²) in [6, 6.07) is 6.94. The van der Waals surface area contributed by atoms with Gasteiger partial charge >= 0.3 is 0 Å². The number of nitrogens with one attached hydrogen (secondary N) is 2. The summed E-state index contributed by atoms with van der Waals surface area (Å²) < 4.78 is 5.90. The minimum absolute atomic E-state index is 0.0209. The Kier molecular flexibility index (Phi) is 6.12. The van der Waals surface area contributed by atoms with E-state index in [0.717, 1.165) is 5.56 Å². The van der Waals surface area contributed by atoms with Crippen LogP contribution in [-0.2, 0) is 11.3 Å². The second kappa shape index (κ2) is 8.91. The maximum atomic E-state index is 12.6. The quantitative estimate of drug-likeness (QED) is 0.357. The van der Waals surface area contributed by atoms with Crippen LogP contribution in [0, 0.1) is 0 Å². The summed E-state index contributed by atoms with van der Waals surface area (Å²) in [5.74, 6) is -0.554. The molecule has 2 aromatic heterocycles. The molecule has 0 atom stereocenters. The number of anilines is 2. The van der Waals surface area contributed by atoms with Crippen LogP contribution in [0.25, 0.3) is 5.82 Å². The molecular formula is C17H20N10O3. The van der Waals surface area contributed by atoms with E-state index in [1.807, 2.05) is 19.0 Å². The van der Waals surface area contributed by atoms with Crippen LogP contribution in [0.2, 0.25) is 0 Å². The molecule has 0 saturated carbocycles. The van der Waals surface area contributed by atoms with Crippen molar-refractivity contribution in [2.24, 2.45) is 5.10 Å². The lowest BCUT2D eigenvalue weighted by Gasteiger charge is -2.11. The average Bonchev–Trinajstić information content (AvgIpc) is 3.28. The minimum Gasteiger partial charge on any atom is -0.378 e. The minimum atomic E-state index is -0.556. The van der Waals surface area contributed by atoms with Crippen molar-refractivity contribution in [2.45, 2.75) is 13.5 Å². The number of nitrogen functional groups attached to an aromatic ring is 1. The van der Waals surface area contributed by atoms with E-state index in [0.29, 0.717) is 17.9 Å². The molecule has 3 rings (SSSR count). The second-order valence-corrected chi connectivity index (χ2v) is 6.51. The van der Waals surface area contributed by atoms with E-state index in [4.69, 9.17) is 5.73 Å². The van der Waals surface area contributed by atoms with Gasteiger partial charge in [-0.05, 0) is 42.1 Å². The Balaban J connectivity index is 1.75. The molecular weight excluding hydrogens is 392 g/mol. The molecule has 0 unspecified atom stereocenters. The van der Waals surface area contributed by atoms with Gasteiger partial charge in [0.15, 0.2) is 5.69 Å². The molecule has 0 saturated heterocycles. The number of nitrogens with zero attached hydrogens (tertiary/aromatic N) is 7. The molecule has 0 fully saturated rings. The normalized spacial score (nSPS) is 11.2. The van der Waals surface area contributed by atoms with E-state index in [2.05, 4.69) is 41.1 Å². The smallest absolute Gasteiger partial charge is 0.293 e. The number of carbonyl (C=O) groups excluding carboxylic acids is 2. The predicted molar refractivity (Wildman–Crippen MR) is 107 cm³/mol. The molecule has 0 bridgehead atoms. The van der Waals surface area contributed by atoms with Crippen molar-refractivity contribution < 1.29 is 14.2 Å². The maximum absolute atomic E-state index is 12.6. The molecule has 0 aliphatic heterocycles. The number of nitrogens with two attached hydrogens (primary N) is 1. The van der Waals surface area contributed by atoms with Gasteiger partial charge in [0.05, 0.1) is 11.9 Å². The summed E-state index contributed by atoms with van der Waals surface area (Å²) in [6.07, 6.45) is 1.46. The Morgan fingerprint density at radius 1 is 1.27 bits per heavy atom. The van der Waals surface area contributed by atoms with E-state index in [9.17, 15) is 9.59 Å². The highest BCUT2D eigenvalue weighted by atomic mass is 16.6. The summed E-state index contributed by atoms with van der Waals surface area (Å²) in [4.78, 5) is 25.5. The van der Waals surface area contributed by atoms with Crippen molar-refractivity contribution in [1.82, 2.24) is 35.6 Å². The fourth-order valence-electron chi connectivity index (χ4n) is 2.50. The molecule has 0 spiro atoms. The van der Waals surface area contributed by atoms with E-state index in [1.165, 1.54) is 17.8 Å². The van der Waals surface area contributed by atoms with Crippen molar-refractivity contribution in [2.75, 3.05) is 25.1 Å².